The molecule has 0 unspecified atom stereocenters. The summed E-state index contributed by atoms with van der Waals surface area (Å²) in [4.78, 5) is 3.84. The smallest absolute Gasteiger partial charge is 0.371 e. The van der Waals surface area contributed by atoms with Gasteiger partial charge in [-0.1, -0.05) is 0 Å². The molecule has 0 spiro atoms. The Kier molecular flexibility index (Phi) is 4.43. The van der Waals surface area contributed by atoms with Crippen molar-refractivity contribution < 1.29 is 13.2 Å². The number of anilines is 1. The minimum atomic E-state index is -4.40. The van der Waals surface area contributed by atoms with Crippen LogP contribution in [0.25, 0.3) is 0 Å². The zero-order valence-electron chi connectivity index (χ0n) is 12.1. The molecule has 2 rings (SSSR count). The third-order valence-corrected chi connectivity index (χ3v) is 3.97. The Morgan fingerprint density at radius 1 is 1.24 bits per heavy atom. The third kappa shape index (κ3) is 3.48. The zero-order chi connectivity index (χ0) is 15.6. The zero-order valence-corrected chi connectivity index (χ0v) is 12.1. The van der Waals surface area contributed by atoms with Gasteiger partial charge in [-0.2, -0.15) is 18.4 Å². The number of rotatable bonds is 2. The van der Waals surface area contributed by atoms with E-state index in [9.17, 15) is 13.2 Å². The maximum Gasteiger partial charge on any atom is 0.418 e. The van der Waals surface area contributed by atoms with Crippen LogP contribution in [0.3, 0.4) is 0 Å². The van der Waals surface area contributed by atoms with E-state index < -0.39 is 11.7 Å². The monoisotopic (exact) mass is 297 g/mol. The summed E-state index contributed by atoms with van der Waals surface area (Å²) in [6.07, 6.45) is -2.76. The average Bonchev–Trinajstić information content (AvgIpc) is 2.45. The Balaban J connectivity index is 2.29. The molecule has 3 nitrogen and oxygen atoms in total. The topological polar surface area (TPSA) is 30.3 Å². The number of nitrogens with zero attached hydrogens (tertiary/aromatic N) is 3. The molecule has 1 fully saturated rings. The molecular formula is C15H18F3N3. The molecule has 1 aliphatic rings. The van der Waals surface area contributed by atoms with Gasteiger partial charge in [-0.25, -0.2) is 0 Å². The van der Waals surface area contributed by atoms with Crippen molar-refractivity contribution in [1.82, 2.24) is 4.90 Å². The van der Waals surface area contributed by atoms with Gasteiger partial charge in [-0.15, -0.1) is 0 Å². The molecule has 0 saturated carbocycles. The van der Waals surface area contributed by atoms with Gasteiger partial charge in [0, 0.05) is 19.1 Å². The number of nitriles is 1. The van der Waals surface area contributed by atoms with E-state index in [2.05, 4.69) is 4.90 Å². The van der Waals surface area contributed by atoms with Crippen molar-refractivity contribution in [3.8, 4) is 6.07 Å². The molecule has 21 heavy (non-hydrogen) atoms. The molecule has 0 radical (unpaired) electrons. The van der Waals surface area contributed by atoms with Crippen LogP contribution in [0, 0.1) is 11.3 Å². The maximum atomic E-state index is 13.1. The van der Waals surface area contributed by atoms with Crippen LogP contribution in [0.15, 0.2) is 18.2 Å². The maximum absolute atomic E-state index is 13.1. The molecule has 1 saturated heterocycles. The SMILES string of the molecule is CN(C)C1CCN(c2cc(C#N)ccc2C(F)(F)F)CC1. The van der Waals surface area contributed by atoms with Gasteiger partial charge < -0.3 is 9.80 Å². The van der Waals surface area contributed by atoms with Crippen molar-refractivity contribution in [1.29, 1.82) is 5.26 Å². The lowest BCUT2D eigenvalue weighted by Crippen LogP contribution is -2.42. The molecule has 0 bridgehead atoms. The molecule has 1 aromatic rings. The predicted molar refractivity (Wildman–Crippen MR) is 75.1 cm³/mol. The van der Waals surface area contributed by atoms with Gasteiger partial charge in [0.2, 0.25) is 0 Å². The van der Waals surface area contributed by atoms with E-state index in [0.29, 0.717) is 19.1 Å². The first-order chi connectivity index (χ1) is 9.82. The molecule has 1 aromatic carbocycles. The Morgan fingerprint density at radius 3 is 2.33 bits per heavy atom. The highest BCUT2D eigenvalue weighted by Crippen LogP contribution is 2.38. The van der Waals surface area contributed by atoms with Gasteiger partial charge in [-0.3, -0.25) is 0 Å². The fourth-order valence-corrected chi connectivity index (χ4v) is 2.73. The molecule has 0 amide bonds. The molecule has 0 atom stereocenters. The lowest BCUT2D eigenvalue weighted by atomic mass is 10.0. The standard InChI is InChI=1S/C15H18F3N3/c1-20(2)12-5-7-21(8-6-12)14-9-11(10-19)3-4-13(14)15(16,17)18/h3-4,9,12H,5-8H2,1-2H3. The van der Waals surface area contributed by atoms with Crippen molar-refractivity contribution in [3.63, 3.8) is 0 Å². The van der Waals surface area contributed by atoms with Crippen LogP contribution in [0.5, 0.6) is 0 Å². The number of hydrogen-bond acceptors (Lipinski definition) is 3. The molecular weight excluding hydrogens is 279 g/mol. The lowest BCUT2D eigenvalue weighted by Gasteiger charge is -2.37. The average molecular weight is 297 g/mol. The largest absolute Gasteiger partial charge is 0.418 e. The highest BCUT2D eigenvalue weighted by Gasteiger charge is 2.35. The van der Waals surface area contributed by atoms with E-state index in [4.69, 9.17) is 5.26 Å². The van der Waals surface area contributed by atoms with E-state index in [1.165, 1.54) is 12.1 Å². The van der Waals surface area contributed by atoms with E-state index >= 15 is 0 Å². The van der Waals surface area contributed by atoms with Gasteiger partial charge in [-0.05, 0) is 45.1 Å². The second-order valence-corrected chi connectivity index (χ2v) is 5.52. The number of piperidine rings is 1. The summed E-state index contributed by atoms with van der Waals surface area (Å²) in [7, 11) is 3.97. The van der Waals surface area contributed by atoms with Crippen LogP contribution >= 0.6 is 0 Å². The van der Waals surface area contributed by atoms with Crippen molar-refractivity contribution in [2.75, 3.05) is 32.1 Å². The Bertz CT molecular complexity index is 538. The van der Waals surface area contributed by atoms with Gasteiger partial charge >= 0.3 is 6.18 Å². The van der Waals surface area contributed by atoms with Crippen LogP contribution in [-0.4, -0.2) is 38.1 Å². The van der Waals surface area contributed by atoms with Crippen LogP contribution in [0.1, 0.15) is 24.0 Å². The van der Waals surface area contributed by atoms with Gasteiger partial charge in [0.05, 0.1) is 22.9 Å². The second-order valence-electron chi connectivity index (χ2n) is 5.52. The van der Waals surface area contributed by atoms with Gasteiger partial charge in [0.15, 0.2) is 0 Å². The molecule has 114 valence electrons. The van der Waals surface area contributed by atoms with E-state index in [1.54, 1.807) is 4.90 Å². The van der Waals surface area contributed by atoms with Crippen molar-refractivity contribution in [2.45, 2.75) is 25.1 Å². The quantitative estimate of drug-likeness (QED) is 0.840. The molecule has 1 aliphatic heterocycles. The molecule has 1 heterocycles. The molecule has 6 heteroatoms. The summed E-state index contributed by atoms with van der Waals surface area (Å²) >= 11 is 0. The fourth-order valence-electron chi connectivity index (χ4n) is 2.73. The Hall–Kier alpha value is -1.74. The molecule has 0 aliphatic carbocycles. The normalized spacial score (nSPS) is 17.1. The van der Waals surface area contributed by atoms with Crippen LogP contribution in [-0.2, 0) is 6.18 Å². The summed E-state index contributed by atoms with van der Waals surface area (Å²) in [5.74, 6) is 0. The van der Waals surface area contributed by atoms with Crippen molar-refractivity contribution >= 4 is 5.69 Å². The Labute approximate surface area is 122 Å². The first-order valence-electron chi connectivity index (χ1n) is 6.85. The van der Waals surface area contributed by atoms with Crippen LogP contribution in [0.4, 0.5) is 18.9 Å². The van der Waals surface area contributed by atoms with Crippen molar-refractivity contribution in [2.24, 2.45) is 0 Å². The van der Waals surface area contributed by atoms with E-state index in [-0.39, 0.29) is 11.3 Å². The highest BCUT2D eigenvalue weighted by atomic mass is 19.4. The Morgan fingerprint density at radius 2 is 1.86 bits per heavy atom. The summed E-state index contributed by atoms with van der Waals surface area (Å²) in [5, 5.41) is 8.91. The first kappa shape index (κ1) is 15.6. The first-order valence-corrected chi connectivity index (χ1v) is 6.85. The molecule has 0 aromatic heterocycles. The van der Waals surface area contributed by atoms with Crippen LogP contribution < -0.4 is 4.90 Å². The number of alkyl halides is 3. The van der Waals surface area contributed by atoms with Gasteiger partial charge in [0.25, 0.3) is 0 Å². The minimum absolute atomic E-state index is 0.124. The predicted octanol–water partition coefficient (Wildman–Crippen LogP) is 3.11. The number of halogens is 3. The number of hydrogen-bond donors (Lipinski definition) is 0. The second kappa shape index (κ2) is 5.94. The summed E-state index contributed by atoms with van der Waals surface area (Å²) in [6.45, 7) is 1.14. The minimum Gasteiger partial charge on any atom is -0.371 e. The summed E-state index contributed by atoms with van der Waals surface area (Å²) in [5.41, 5.74) is -0.281. The highest BCUT2D eigenvalue weighted by molar-refractivity contribution is 5.59. The van der Waals surface area contributed by atoms with Crippen molar-refractivity contribution in [3.05, 3.63) is 29.3 Å². The van der Waals surface area contributed by atoms with E-state index in [0.717, 1.165) is 18.9 Å². The lowest BCUT2D eigenvalue weighted by molar-refractivity contribution is -0.137. The molecule has 0 N–H and O–H groups in total. The third-order valence-electron chi connectivity index (χ3n) is 3.97. The number of benzene rings is 1. The van der Waals surface area contributed by atoms with Gasteiger partial charge in [0.1, 0.15) is 0 Å². The summed E-state index contributed by atoms with van der Waals surface area (Å²) in [6, 6.07) is 5.88. The van der Waals surface area contributed by atoms with Crippen LogP contribution in [0.2, 0.25) is 0 Å². The fraction of sp³-hybridized carbons (Fsp3) is 0.533. The van der Waals surface area contributed by atoms with E-state index in [1.807, 2.05) is 20.2 Å². The summed E-state index contributed by atoms with van der Waals surface area (Å²) < 4.78 is 39.4.